The van der Waals surface area contributed by atoms with Gasteiger partial charge in [-0.2, -0.15) is 4.98 Å². The lowest BCUT2D eigenvalue weighted by atomic mass is 10.1. The largest absolute Gasteiger partial charge is 0.473 e. The second-order valence-electron chi connectivity index (χ2n) is 4.23. The maximum Gasteiger partial charge on any atom is 0.414 e. The van der Waals surface area contributed by atoms with Crippen molar-refractivity contribution in [3.63, 3.8) is 0 Å². The van der Waals surface area contributed by atoms with E-state index in [9.17, 15) is 0 Å². The third-order valence-electron chi connectivity index (χ3n) is 2.58. The fourth-order valence-corrected chi connectivity index (χ4v) is 1.58. The highest BCUT2D eigenvalue weighted by Gasteiger charge is 2.15. The summed E-state index contributed by atoms with van der Waals surface area (Å²) in [6, 6.07) is 0. The molecule has 2 N–H and O–H groups in total. The first-order valence-electron chi connectivity index (χ1n) is 6.10. The van der Waals surface area contributed by atoms with Crippen LogP contribution >= 0.6 is 0 Å². The molecule has 0 spiro atoms. The highest BCUT2D eigenvalue weighted by atomic mass is 16.5. The number of nitrogens with zero attached hydrogens (tertiary/aromatic N) is 3. The van der Waals surface area contributed by atoms with Crippen LogP contribution < -0.4 is 0 Å². The zero-order valence-electron chi connectivity index (χ0n) is 11.4. The van der Waals surface area contributed by atoms with Gasteiger partial charge < -0.3 is 19.6 Å². The summed E-state index contributed by atoms with van der Waals surface area (Å²) in [6.45, 7) is 4.04. The van der Waals surface area contributed by atoms with E-state index in [0.717, 1.165) is 31.8 Å². The molecule has 1 aromatic heterocycles. The summed E-state index contributed by atoms with van der Waals surface area (Å²) in [4.78, 5) is 24.8. The van der Waals surface area contributed by atoms with E-state index < -0.39 is 11.9 Å². The Morgan fingerprint density at radius 3 is 2.50 bits per heavy atom. The number of carbonyl (C=O) groups is 2. The normalized spacial score (nSPS) is 15.0. The van der Waals surface area contributed by atoms with Crippen LogP contribution in [0.5, 0.6) is 0 Å². The molecule has 2 rings (SSSR count). The van der Waals surface area contributed by atoms with E-state index >= 15 is 0 Å². The molecule has 8 heteroatoms. The summed E-state index contributed by atoms with van der Waals surface area (Å²) in [6.07, 6.45) is 4.07. The highest BCUT2D eigenvalue weighted by molar-refractivity contribution is 6.27. The van der Waals surface area contributed by atoms with E-state index in [1.807, 2.05) is 6.92 Å². The minimum Gasteiger partial charge on any atom is -0.473 e. The minimum atomic E-state index is -1.82. The fourth-order valence-electron chi connectivity index (χ4n) is 1.58. The topological polar surface area (TPSA) is 117 Å². The third-order valence-corrected chi connectivity index (χ3v) is 2.58. The van der Waals surface area contributed by atoms with Crippen LogP contribution in [-0.2, 0) is 16.0 Å². The van der Waals surface area contributed by atoms with Gasteiger partial charge in [0.2, 0.25) is 5.89 Å². The van der Waals surface area contributed by atoms with Crippen LogP contribution in [0.2, 0.25) is 0 Å². The first-order chi connectivity index (χ1) is 9.43. The number of aliphatic carboxylic acids is 2. The number of hydrogen-bond donors (Lipinski definition) is 2. The van der Waals surface area contributed by atoms with Crippen molar-refractivity contribution in [2.24, 2.45) is 0 Å². The number of aromatic nitrogens is 2. The van der Waals surface area contributed by atoms with Crippen molar-refractivity contribution in [1.29, 1.82) is 0 Å². The van der Waals surface area contributed by atoms with Crippen molar-refractivity contribution in [3.8, 4) is 0 Å². The van der Waals surface area contributed by atoms with Crippen LogP contribution in [0, 0.1) is 0 Å². The van der Waals surface area contributed by atoms with E-state index in [2.05, 4.69) is 28.2 Å². The first kappa shape index (κ1) is 15.8. The van der Waals surface area contributed by atoms with Gasteiger partial charge in [0.05, 0.1) is 0 Å². The lowest BCUT2D eigenvalue weighted by molar-refractivity contribution is -0.159. The molecule has 20 heavy (non-hydrogen) atoms. The molecule has 8 nitrogen and oxygen atoms in total. The van der Waals surface area contributed by atoms with Gasteiger partial charge >= 0.3 is 11.9 Å². The Hall–Kier alpha value is -2.22. The summed E-state index contributed by atoms with van der Waals surface area (Å²) in [5.74, 6) is -2.17. The number of hydrogen-bond acceptors (Lipinski definition) is 6. The van der Waals surface area contributed by atoms with Crippen molar-refractivity contribution in [3.05, 3.63) is 17.8 Å². The van der Waals surface area contributed by atoms with Crippen molar-refractivity contribution in [2.45, 2.75) is 19.8 Å². The quantitative estimate of drug-likeness (QED) is 0.754. The molecule has 2 heterocycles. The summed E-state index contributed by atoms with van der Waals surface area (Å²) in [5.41, 5.74) is 1.18. The van der Waals surface area contributed by atoms with Crippen LogP contribution in [-0.4, -0.2) is 57.3 Å². The molecule has 110 valence electrons. The van der Waals surface area contributed by atoms with Crippen LogP contribution in [0.4, 0.5) is 0 Å². The van der Waals surface area contributed by atoms with Crippen molar-refractivity contribution in [2.75, 3.05) is 20.1 Å². The maximum atomic E-state index is 9.10. The number of carboxylic acid groups (broad SMARTS) is 2. The molecule has 0 aliphatic carbocycles. The molecule has 0 bridgehead atoms. The Bertz CT molecular complexity index is 497. The van der Waals surface area contributed by atoms with Gasteiger partial charge in [-0.1, -0.05) is 18.2 Å². The number of rotatable bonds is 2. The summed E-state index contributed by atoms with van der Waals surface area (Å²) in [5, 5.41) is 18.7. The van der Waals surface area contributed by atoms with Crippen molar-refractivity contribution >= 4 is 17.5 Å². The predicted molar refractivity (Wildman–Crippen MR) is 69.0 cm³/mol. The van der Waals surface area contributed by atoms with Gasteiger partial charge in [0.15, 0.2) is 5.82 Å². The molecule has 0 saturated heterocycles. The summed E-state index contributed by atoms with van der Waals surface area (Å²) >= 11 is 0. The second-order valence-corrected chi connectivity index (χ2v) is 4.23. The van der Waals surface area contributed by atoms with E-state index in [0.29, 0.717) is 5.89 Å². The molecule has 1 aliphatic heterocycles. The Labute approximate surface area is 115 Å². The maximum absolute atomic E-state index is 9.10. The standard InChI is InChI=1S/C10H15N3O.C2H2O4/c1-3-9-11-10(12-14-9)8-5-4-6-13(2)7-8;3-1(4)2(5)6/h5H,3-4,6-7H2,1-2H3;(H,3,4)(H,5,6). The van der Waals surface area contributed by atoms with Gasteiger partial charge in [-0.3, -0.25) is 0 Å². The Kier molecular flexibility index (Phi) is 5.85. The van der Waals surface area contributed by atoms with Gasteiger partial charge in [0, 0.05) is 25.1 Å². The number of likely N-dealkylation sites (N-methyl/N-ethyl adjacent to an activating group) is 1. The van der Waals surface area contributed by atoms with E-state index in [4.69, 9.17) is 24.3 Å². The fraction of sp³-hybridized carbons (Fsp3) is 0.500. The van der Waals surface area contributed by atoms with Crippen molar-refractivity contribution < 1.29 is 24.3 Å². The lowest BCUT2D eigenvalue weighted by Gasteiger charge is -2.20. The molecule has 0 aromatic carbocycles. The summed E-state index contributed by atoms with van der Waals surface area (Å²) in [7, 11) is 2.10. The molecule has 1 aliphatic rings. The highest BCUT2D eigenvalue weighted by Crippen LogP contribution is 2.17. The molecular weight excluding hydrogens is 266 g/mol. The van der Waals surface area contributed by atoms with Crippen LogP contribution in [0.1, 0.15) is 25.1 Å². The number of carboxylic acids is 2. The summed E-state index contributed by atoms with van der Waals surface area (Å²) < 4.78 is 5.08. The molecule has 0 unspecified atom stereocenters. The molecular formula is C12H17N3O5. The Morgan fingerprint density at radius 1 is 1.40 bits per heavy atom. The minimum absolute atomic E-state index is 0.717. The van der Waals surface area contributed by atoms with Crippen molar-refractivity contribution in [1.82, 2.24) is 15.0 Å². The monoisotopic (exact) mass is 283 g/mol. The lowest BCUT2D eigenvalue weighted by Crippen LogP contribution is -2.25. The van der Waals surface area contributed by atoms with Gasteiger partial charge in [0.25, 0.3) is 0 Å². The SMILES string of the molecule is CCc1nc(C2=CCCN(C)C2)no1.O=C(O)C(=O)O. The average Bonchev–Trinajstić information content (AvgIpc) is 2.88. The second kappa shape index (κ2) is 7.39. The zero-order valence-corrected chi connectivity index (χ0v) is 11.4. The van der Waals surface area contributed by atoms with Crippen LogP contribution in [0.15, 0.2) is 10.6 Å². The van der Waals surface area contributed by atoms with Gasteiger partial charge in [-0.05, 0) is 13.5 Å². The molecule has 0 amide bonds. The predicted octanol–water partition coefficient (Wildman–Crippen LogP) is 0.506. The molecule has 0 radical (unpaired) electrons. The van der Waals surface area contributed by atoms with Crippen LogP contribution in [0.3, 0.4) is 0 Å². The molecule has 0 fully saturated rings. The van der Waals surface area contributed by atoms with E-state index in [1.165, 1.54) is 5.57 Å². The van der Waals surface area contributed by atoms with Gasteiger partial charge in [-0.25, -0.2) is 9.59 Å². The Balaban J connectivity index is 0.000000286. The van der Waals surface area contributed by atoms with Gasteiger partial charge in [-0.15, -0.1) is 0 Å². The first-order valence-corrected chi connectivity index (χ1v) is 6.10. The average molecular weight is 283 g/mol. The number of aryl methyl sites for hydroxylation is 1. The molecule has 0 saturated carbocycles. The molecule has 1 aromatic rings. The molecule has 0 atom stereocenters. The third kappa shape index (κ3) is 4.81. The van der Waals surface area contributed by atoms with Gasteiger partial charge in [0.1, 0.15) is 0 Å². The zero-order chi connectivity index (χ0) is 15.1. The van der Waals surface area contributed by atoms with E-state index in [-0.39, 0.29) is 0 Å². The van der Waals surface area contributed by atoms with Crippen LogP contribution in [0.25, 0.3) is 5.57 Å². The smallest absolute Gasteiger partial charge is 0.414 e. The van der Waals surface area contributed by atoms with E-state index in [1.54, 1.807) is 0 Å². The Morgan fingerprint density at radius 2 is 2.05 bits per heavy atom.